The molecule has 236 valence electrons. The first-order chi connectivity index (χ1) is 21.7. The van der Waals surface area contributed by atoms with Gasteiger partial charge in [0.25, 0.3) is 5.91 Å². The zero-order valence-corrected chi connectivity index (χ0v) is 28.5. The Bertz CT molecular complexity index is 1620. The van der Waals surface area contributed by atoms with Crippen molar-refractivity contribution in [1.82, 2.24) is 16.1 Å². The molecule has 0 radical (unpaired) electrons. The summed E-state index contributed by atoms with van der Waals surface area (Å²) in [6.45, 7) is 6.07. The third-order valence-corrected chi connectivity index (χ3v) is 7.66. The minimum Gasteiger partial charge on any atom is -0.490 e. The predicted octanol–water partition coefficient (Wildman–Crippen LogP) is 5.81. The van der Waals surface area contributed by atoms with Gasteiger partial charge in [-0.15, -0.1) is 0 Å². The van der Waals surface area contributed by atoms with E-state index >= 15 is 0 Å². The van der Waals surface area contributed by atoms with E-state index < -0.39 is 17.9 Å². The van der Waals surface area contributed by atoms with E-state index in [9.17, 15) is 9.59 Å². The van der Waals surface area contributed by atoms with Crippen LogP contribution in [0.4, 0.5) is 0 Å². The van der Waals surface area contributed by atoms with Crippen molar-refractivity contribution in [2.75, 3.05) is 19.8 Å². The smallest absolute Gasteiger partial charge is 0.338 e. The van der Waals surface area contributed by atoms with Crippen LogP contribution in [0.5, 0.6) is 17.2 Å². The van der Waals surface area contributed by atoms with Gasteiger partial charge in [0.2, 0.25) is 0 Å². The molecule has 3 N–H and O–H groups in total. The van der Waals surface area contributed by atoms with Crippen LogP contribution in [0, 0.1) is 3.57 Å². The highest BCUT2D eigenvalue weighted by atomic mass is 127. The van der Waals surface area contributed by atoms with Crippen LogP contribution in [-0.4, -0.2) is 43.0 Å². The molecule has 1 aliphatic rings. The van der Waals surface area contributed by atoms with Crippen molar-refractivity contribution in [3.05, 3.63) is 97.2 Å². The lowest BCUT2D eigenvalue weighted by Crippen LogP contribution is -2.45. The molecule has 1 aliphatic heterocycles. The quantitative estimate of drug-likeness (QED) is 0.0653. The number of nitrogens with one attached hydrogen (secondary N) is 3. The second kappa shape index (κ2) is 16.4. The first-order valence-electron chi connectivity index (χ1n) is 14.0. The number of hydrazone groups is 1. The molecule has 0 bridgehead atoms. The third-order valence-electron chi connectivity index (χ3n) is 6.38. The van der Waals surface area contributed by atoms with E-state index in [4.69, 9.17) is 42.8 Å². The Kier molecular flexibility index (Phi) is 12.4. The average molecular weight is 763 g/mol. The average Bonchev–Trinajstić information content (AvgIpc) is 3.00. The van der Waals surface area contributed by atoms with E-state index in [0.29, 0.717) is 63.0 Å². The largest absolute Gasteiger partial charge is 0.490 e. The summed E-state index contributed by atoms with van der Waals surface area (Å²) in [4.78, 5) is 25.4. The van der Waals surface area contributed by atoms with E-state index in [1.807, 2.05) is 43.3 Å². The number of para-hydroxylation sites is 1. The van der Waals surface area contributed by atoms with Gasteiger partial charge in [0.05, 0.1) is 34.6 Å². The molecular formula is C32H32ClIN4O6S. The van der Waals surface area contributed by atoms with E-state index in [2.05, 4.69) is 43.8 Å². The Morgan fingerprint density at radius 2 is 1.80 bits per heavy atom. The van der Waals surface area contributed by atoms with Crippen LogP contribution in [0.2, 0.25) is 5.02 Å². The number of carbonyl (C=O) groups is 2. The molecule has 1 atom stereocenters. The van der Waals surface area contributed by atoms with Gasteiger partial charge in [0.1, 0.15) is 12.4 Å². The summed E-state index contributed by atoms with van der Waals surface area (Å²) in [6.07, 6.45) is 1.51. The lowest BCUT2D eigenvalue weighted by molar-refractivity contribution is -0.139. The second-order valence-electron chi connectivity index (χ2n) is 9.59. The number of ether oxygens (including phenoxy) is 4. The zero-order valence-electron chi connectivity index (χ0n) is 24.8. The van der Waals surface area contributed by atoms with Gasteiger partial charge in [-0.25, -0.2) is 10.2 Å². The monoisotopic (exact) mass is 762 g/mol. The van der Waals surface area contributed by atoms with Crippen LogP contribution in [0.15, 0.2) is 77.0 Å². The molecule has 0 aromatic heterocycles. The van der Waals surface area contributed by atoms with Gasteiger partial charge in [0, 0.05) is 16.3 Å². The molecular weight excluding hydrogens is 731 g/mol. The standard InChI is InChI=1S/C32H32ClIN4O6S/c1-4-41-26-15-21(14-24(34)30(26)44-17-20-10-12-22(33)13-11-20)16-35-38-27(39)18-43-25-9-7-6-8-23(25)29-28(31(40)42-5-2)19(3)36-32(45)37-29/h6-16,29H,4-5,17-18H2,1-3H3,(H,38,39)(H2,36,37,45)/t29-/m1/s1. The summed E-state index contributed by atoms with van der Waals surface area (Å²) in [5.41, 5.74) is 5.73. The summed E-state index contributed by atoms with van der Waals surface area (Å²) in [7, 11) is 0. The molecule has 0 fully saturated rings. The molecule has 0 saturated carbocycles. The van der Waals surface area contributed by atoms with Crippen molar-refractivity contribution < 1.29 is 28.5 Å². The van der Waals surface area contributed by atoms with Crippen molar-refractivity contribution >= 4 is 69.6 Å². The van der Waals surface area contributed by atoms with Gasteiger partial charge >= 0.3 is 5.97 Å². The number of nitrogens with zero attached hydrogens (tertiary/aromatic N) is 1. The summed E-state index contributed by atoms with van der Waals surface area (Å²) in [5, 5.41) is 11.2. The summed E-state index contributed by atoms with van der Waals surface area (Å²) < 4.78 is 23.8. The highest BCUT2D eigenvalue weighted by Crippen LogP contribution is 2.35. The third kappa shape index (κ3) is 9.31. The van der Waals surface area contributed by atoms with Crippen LogP contribution in [0.25, 0.3) is 0 Å². The lowest BCUT2D eigenvalue weighted by atomic mass is 9.95. The molecule has 0 spiro atoms. The summed E-state index contributed by atoms with van der Waals surface area (Å²) in [6, 6.07) is 17.6. The molecule has 1 heterocycles. The minimum absolute atomic E-state index is 0.222. The molecule has 0 aliphatic carbocycles. The van der Waals surface area contributed by atoms with E-state index in [-0.39, 0.29) is 13.2 Å². The molecule has 4 rings (SSSR count). The van der Waals surface area contributed by atoms with Gasteiger partial charge in [-0.3, -0.25) is 4.79 Å². The summed E-state index contributed by atoms with van der Waals surface area (Å²) >= 11 is 13.5. The number of carbonyl (C=O) groups excluding carboxylic acids is 2. The molecule has 0 saturated heterocycles. The van der Waals surface area contributed by atoms with E-state index in [1.165, 1.54) is 6.21 Å². The fourth-order valence-corrected chi connectivity index (χ4v) is 5.59. The fourth-order valence-electron chi connectivity index (χ4n) is 4.41. The number of thiocarbonyl (C=S) groups is 1. The van der Waals surface area contributed by atoms with Gasteiger partial charge in [0.15, 0.2) is 23.2 Å². The number of hydrogen-bond donors (Lipinski definition) is 3. The Balaban J connectivity index is 1.41. The zero-order chi connectivity index (χ0) is 32.3. The Morgan fingerprint density at radius 3 is 2.53 bits per heavy atom. The maximum Gasteiger partial charge on any atom is 0.338 e. The van der Waals surface area contributed by atoms with Crippen LogP contribution in [-0.2, 0) is 20.9 Å². The number of amides is 1. The van der Waals surface area contributed by atoms with Crippen LogP contribution in [0.3, 0.4) is 0 Å². The number of rotatable bonds is 13. The van der Waals surface area contributed by atoms with Gasteiger partial charge in [-0.05, 0) is 97.0 Å². The first-order valence-corrected chi connectivity index (χ1v) is 15.9. The van der Waals surface area contributed by atoms with Crippen molar-refractivity contribution in [3.8, 4) is 17.2 Å². The van der Waals surface area contributed by atoms with Crippen LogP contribution in [0.1, 0.15) is 43.5 Å². The van der Waals surface area contributed by atoms with Crippen molar-refractivity contribution in [2.24, 2.45) is 5.10 Å². The molecule has 10 nitrogen and oxygen atoms in total. The Hall–Kier alpha value is -3.88. The SMILES string of the molecule is CCOC(=O)C1=C(C)NC(=S)N[C@@H]1c1ccccc1OCC(=O)NN=Cc1cc(I)c(OCc2ccc(Cl)cc2)c(OCC)c1. The normalized spacial score (nSPS) is 14.4. The molecule has 3 aromatic carbocycles. The number of benzene rings is 3. The van der Waals surface area contributed by atoms with Gasteiger partial charge < -0.3 is 29.6 Å². The van der Waals surface area contributed by atoms with Crippen molar-refractivity contribution in [3.63, 3.8) is 0 Å². The molecule has 13 heteroatoms. The molecule has 0 unspecified atom stereocenters. The van der Waals surface area contributed by atoms with Crippen LogP contribution >= 0.6 is 46.4 Å². The maximum absolute atomic E-state index is 12.8. The topological polar surface area (TPSA) is 120 Å². The van der Waals surface area contributed by atoms with E-state index in [0.717, 1.165) is 9.13 Å². The van der Waals surface area contributed by atoms with Gasteiger partial charge in [-0.2, -0.15) is 5.10 Å². The fraction of sp³-hybridized carbons (Fsp3) is 0.250. The van der Waals surface area contributed by atoms with Crippen molar-refractivity contribution in [1.29, 1.82) is 0 Å². The number of allylic oxidation sites excluding steroid dienone is 1. The number of hydrogen-bond acceptors (Lipinski definition) is 8. The Morgan fingerprint density at radius 1 is 1.04 bits per heavy atom. The molecule has 45 heavy (non-hydrogen) atoms. The summed E-state index contributed by atoms with van der Waals surface area (Å²) in [5.74, 6) is 0.616. The second-order valence-corrected chi connectivity index (χ2v) is 11.6. The van der Waals surface area contributed by atoms with Crippen LogP contribution < -0.4 is 30.3 Å². The highest BCUT2D eigenvalue weighted by molar-refractivity contribution is 14.1. The van der Waals surface area contributed by atoms with Crippen molar-refractivity contribution in [2.45, 2.75) is 33.4 Å². The lowest BCUT2D eigenvalue weighted by Gasteiger charge is -2.30. The first kappa shape index (κ1) is 34.0. The minimum atomic E-state index is -0.629. The maximum atomic E-state index is 12.8. The predicted molar refractivity (Wildman–Crippen MR) is 185 cm³/mol. The molecule has 1 amide bonds. The molecule has 3 aromatic rings. The van der Waals surface area contributed by atoms with Gasteiger partial charge in [-0.1, -0.05) is 41.9 Å². The van der Waals surface area contributed by atoms with E-state index in [1.54, 1.807) is 38.1 Å². The highest BCUT2D eigenvalue weighted by Gasteiger charge is 2.32. The number of esters is 1. The Labute approximate surface area is 285 Å². The number of halogens is 2.